The molecule has 102 valence electrons. The first-order valence-corrected chi connectivity index (χ1v) is 8.01. The molecule has 1 aliphatic carbocycles. The molecule has 0 bridgehead atoms. The van der Waals surface area contributed by atoms with Gasteiger partial charge in [0, 0.05) is 6.04 Å². The van der Waals surface area contributed by atoms with Gasteiger partial charge in [-0.1, -0.05) is 59.3 Å². The van der Waals surface area contributed by atoms with Crippen LogP contribution in [0, 0.1) is 11.8 Å². The molecular weight excluding hydrogens is 206 g/mol. The molecule has 1 N–H and O–H groups in total. The normalized spacial score (nSPS) is 21.4. The van der Waals surface area contributed by atoms with Gasteiger partial charge in [0.1, 0.15) is 0 Å². The molecule has 0 aromatic rings. The van der Waals surface area contributed by atoms with Crippen LogP contribution in [0.4, 0.5) is 0 Å². The Kier molecular flexibility index (Phi) is 7.92. The first kappa shape index (κ1) is 15.0. The maximum absolute atomic E-state index is 3.76. The predicted octanol–water partition coefficient (Wildman–Crippen LogP) is 4.76. The number of hydrogen-bond donors (Lipinski definition) is 1. The lowest BCUT2D eigenvalue weighted by Crippen LogP contribution is -2.35. The van der Waals surface area contributed by atoms with E-state index in [0.29, 0.717) is 0 Å². The van der Waals surface area contributed by atoms with E-state index in [9.17, 15) is 0 Å². The molecule has 1 heteroatoms. The van der Waals surface area contributed by atoms with E-state index in [4.69, 9.17) is 0 Å². The van der Waals surface area contributed by atoms with Crippen LogP contribution in [0.15, 0.2) is 0 Å². The molecule has 0 aromatic heterocycles. The van der Waals surface area contributed by atoms with Crippen LogP contribution in [0.2, 0.25) is 0 Å². The Labute approximate surface area is 109 Å². The van der Waals surface area contributed by atoms with Crippen LogP contribution in [0.1, 0.15) is 78.6 Å². The molecule has 1 rings (SSSR count). The molecule has 2 unspecified atom stereocenters. The highest BCUT2D eigenvalue weighted by Crippen LogP contribution is 2.28. The molecule has 1 fully saturated rings. The van der Waals surface area contributed by atoms with Crippen LogP contribution in [0.25, 0.3) is 0 Å². The zero-order chi connectivity index (χ0) is 12.5. The van der Waals surface area contributed by atoms with Crippen molar-refractivity contribution in [2.75, 3.05) is 6.54 Å². The molecule has 2 atom stereocenters. The van der Waals surface area contributed by atoms with Gasteiger partial charge in [0.2, 0.25) is 0 Å². The van der Waals surface area contributed by atoms with Crippen LogP contribution >= 0.6 is 0 Å². The molecule has 0 radical (unpaired) electrons. The van der Waals surface area contributed by atoms with Gasteiger partial charge in [0.25, 0.3) is 0 Å². The van der Waals surface area contributed by atoms with Crippen molar-refractivity contribution in [2.24, 2.45) is 11.8 Å². The van der Waals surface area contributed by atoms with Crippen molar-refractivity contribution >= 4 is 0 Å². The fourth-order valence-electron chi connectivity index (χ4n) is 3.09. The molecule has 0 heterocycles. The van der Waals surface area contributed by atoms with E-state index in [1.807, 2.05) is 0 Å². The van der Waals surface area contributed by atoms with Crippen molar-refractivity contribution in [2.45, 2.75) is 84.6 Å². The Bertz CT molecular complexity index is 172. The first-order valence-electron chi connectivity index (χ1n) is 8.01. The predicted molar refractivity (Wildman–Crippen MR) is 77.3 cm³/mol. The summed E-state index contributed by atoms with van der Waals surface area (Å²) in [5, 5.41) is 3.76. The van der Waals surface area contributed by atoms with E-state index in [0.717, 1.165) is 17.9 Å². The Morgan fingerprint density at radius 2 is 1.82 bits per heavy atom. The van der Waals surface area contributed by atoms with Crippen LogP contribution in [0.3, 0.4) is 0 Å². The van der Waals surface area contributed by atoms with E-state index in [-0.39, 0.29) is 0 Å². The molecule has 0 spiro atoms. The summed E-state index contributed by atoms with van der Waals surface area (Å²) >= 11 is 0. The largest absolute Gasteiger partial charge is 0.314 e. The van der Waals surface area contributed by atoms with Crippen LogP contribution in [-0.2, 0) is 0 Å². The Morgan fingerprint density at radius 1 is 1.12 bits per heavy atom. The van der Waals surface area contributed by atoms with Crippen molar-refractivity contribution in [1.82, 2.24) is 5.32 Å². The van der Waals surface area contributed by atoms with Gasteiger partial charge >= 0.3 is 0 Å². The number of rotatable bonds is 8. The molecule has 1 nitrogen and oxygen atoms in total. The van der Waals surface area contributed by atoms with Gasteiger partial charge in [-0.2, -0.15) is 0 Å². The molecule has 17 heavy (non-hydrogen) atoms. The maximum atomic E-state index is 3.76. The van der Waals surface area contributed by atoms with E-state index in [1.54, 1.807) is 0 Å². The Morgan fingerprint density at radius 3 is 2.41 bits per heavy atom. The number of nitrogens with one attached hydrogen (secondary N) is 1. The summed E-state index contributed by atoms with van der Waals surface area (Å²) < 4.78 is 0. The average molecular weight is 239 g/mol. The molecule has 0 saturated heterocycles. The SMILES string of the molecule is CCCNC(CCC1CCCCC1)C(C)CC. The quantitative estimate of drug-likeness (QED) is 0.644. The fraction of sp³-hybridized carbons (Fsp3) is 1.00. The minimum absolute atomic E-state index is 0.766. The van der Waals surface area contributed by atoms with Gasteiger partial charge in [-0.15, -0.1) is 0 Å². The maximum Gasteiger partial charge on any atom is 0.00926 e. The average Bonchev–Trinajstić information content (AvgIpc) is 2.39. The fourth-order valence-corrected chi connectivity index (χ4v) is 3.09. The van der Waals surface area contributed by atoms with Gasteiger partial charge in [0.15, 0.2) is 0 Å². The highest BCUT2D eigenvalue weighted by Gasteiger charge is 2.18. The highest BCUT2D eigenvalue weighted by molar-refractivity contribution is 4.75. The van der Waals surface area contributed by atoms with Gasteiger partial charge in [-0.25, -0.2) is 0 Å². The summed E-state index contributed by atoms with van der Waals surface area (Å²) in [4.78, 5) is 0. The van der Waals surface area contributed by atoms with Crippen molar-refractivity contribution in [3.8, 4) is 0 Å². The molecule has 0 amide bonds. The smallest absolute Gasteiger partial charge is 0.00926 e. The third-order valence-electron chi connectivity index (χ3n) is 4.60. The molecule has 1 aliphatic rings. The summed E-state index contributed by atoms with van der Waals surface area (Å²) in [6.07, 6.45) is 12.9. The molecule has 0 aromatic carbocycles. The van der Waals surface area contributed by atoms with Crippen LogP contribution < -0.4 is 5.32 Å². The lowest BCUT2D eigenvalue weighted by Gasteiger charge is -2.28. The third-order valence-corrected chi connectivity index (χ3v) is 4.60. The van der Waals surface area contributed by atoms with E-state index >= 15 is 0 Å². The molecule has 0 aliphatic heterocycles. The second-order valence-electron chi connectivity index (χ2n) is 6.03. The van der Waals surface area contributed by atoms with Crippen molar-refractivity contribution < 1.29 is 0 Å². The first-order chi connectivity index (χ1) is 8.27. The second kappa shape index (κ2) is 8.97. The van der Waals surface area contributed by atoms with Gasteiger partial charge in [-0.3, -0.25) is 0 Å². The summed E-state index contributed by atoms with van der Waals surface area (Å²) in [7, 11) is 0. The number of hydrogen-bond acceptors (Lipinski definition) is 1. The monoisotopic (exact) mass is 239 g/mol. The molecular formula is C16H33N. The lowest BCUT2D eigenvalue weighted by atomic mass is 9.83. The highest BCUT2D eigenvalue weighted by atomic mass is 14.9. The van der Waals surface area contributed by atoms with Gasteiger partial charge in [-0.05, 0) is 37.6 Å². The summed E-state index contributed by atoms with van der Waals surface area (Å²) in [6.45, 7) is 8.20. The summed E-state index contributed by atoms with van der Waals surface area (Å²) in [6, 6.07) is 0.766. The van der Waals surface area contributed by atoms with Crippen LogP contribution in [0.5, 0.6) is 0 Å². The zero-order valence-electron chi connectivity index (χ0n) is 12.3. The van der Waals surface area contributed by atoms with E-state index in [1.165, 1.54) is 64.3 Å². The zero-order valence-corrected chi connectivity index (χ0v) is 12.3. The lowest BCUT2D eigenvalue weighted by molar-refractivity contribution is 0.280. The van der Waals surface area contributed by atoms with Crippen molar-refractivity contribution in [3.05, 3.63) is 0 Å². The summed E-state index contributed by atoms with van der Waals surface area (Å²) in [5.74, 6) is 1.88. The van der Waals surface area contributed by atoms with Gasteiger partial charge in [0.05, 0.1) is 0 Å². The van der Waals surface area contributed by atoms with E-state index in [2.05, 4.69) is 26.1 Å². The van der Waals surface area contributed by atoms with Crippen LogP contribution in [-0.4, -0.2) is 12.6 Å². The van der Waals surface area contributed by atoms with E-state index < -0.39 is 0 Å². The second-order valence-corrected chi connectivity index (χ2v) is 6.03. The minimum atomic E-state index is 0.766. The Balaban J connectivity index is 2.26. The minimum Gasteiger partial charge on any atom is -0.314 e. The Hall–Kier alpha value is -0.0400. The molecule has 1 saturated carbocycles. The summed E-state index contributed by atoms with van der Waals surface area (Å²) in [5.41, 5.74) is 0. The van der Waals surface area contributed by atoms with Crippen molar-refractivity contribution in [3.63, 3.8) is 0 Å². The third kappa shape index (κ3) is 5.90. The standard InChI is InChI=1S/C16H33N/c1-4-13-17-16(14(3)5-2)12-11-15-9-7-6-8-10-15/h14-17H,4-13H2,1-3H3. The topological polar surface area (TPSA) is 12.0 Å². The van der Waals surface area contributed by atoms with Crippen molar-refractivity contribution in [1.29, 1.82) is 0 Å². The van der Waals surface area contributed by atoms with Gasteiger partial charge < -0.3 is 5.32 Å².